The average molecular weight is 261 g/mol. The normalized spacial score (nSPS) is 10.5. The first-order valence-electron chi connectivity index (χ1n) is 5.90. The standard InChI is InChI=1S/C15H13F2NO/c16-12-4-5-13(14(17)9-12)15(19)11-3-1-2-10(8-11)6-7-18/h1-5,8-9H,6-7,18H2. The first-order chi connectivity index (χ1) is 9.11. The van der Waals surface area contributed by atoms with Gasteiger partial charge >= 0.3 is 0 Å². The third kappa shape index (κ3) is 3.03. The first kappa shape index (κ1) is 13.4. The van der Waals surface area contributed by atoms with Crippen LogP contribution in [0.15, 0.2) is 42.5 Å². The number of halogens is 2. The number of rotatable bonds is 4. The Labute approximate surface area is 109 Å². The summed E-state index contributed by atoms with van der Waals surface area (Å²) in [5.74, 6) is -2.02. The van der Waals surface area contributed by atoms with Gasteiger partial charge in [-0.25, -0.2) is 8.78 Å². The summed E-state index contributed by atoms with van der Waals surface area (Å²) in [6, 6.07) is 9.78. The topological polar surface area (TPSA) is 43.1 Å². The minimum absolute atomic E-state index is 0.133. The van der Waals surface area contributed by atoms with Crippen molar-refractivity contribution >= 4 is 5.78 Å². The maximum Gasteiger partial charge on any atom is 0.195 e. The molecule has 0 bridgehead atoms. The van der Waals surface area contributed by atoms with Crippen molar-refractivity contribution in [3.63, 3.8) is 0 Å². The molecule has 19 heavy (non-hydrogen) atoms. The zero-order valence-corrected chi connectivity index (χ0v) is 10.2. The van der Waals surface area contributed by atoms with E-state index in [-0.39, 0.29) is 5.56 Å². The van der Waals surface area contributed by atoms with Crippen LogP contribution in [0, 0.1) is 11.6 Å². The van der Waals surface area contributed by atoms with Gasteiger partial charge in [0.15, 0.2) is 5.78 Å². The highest BCUT2D eigenvalue weighted by Gasteiger charge is 2.14. The summed E-state index contributed by atoms with van der Waals surface area (Å²) in [4.78, 5) is 12.1. The molecule has 0 heterocycles. The molecule has 2 N–H and O–H groups in total. The number of ketones is 1. The molecule has 0 unspecified atom stereocenters. The van der Waals surface area contributed by atoms with E-state index < -0.39 is 17.4 Å². The highest BCUT2D eigenvalue weighted by molar-refractivity contribution is 6.09. The number of carbonyl (C=O) groups is 1. The summed E-state index contributed by atoms with van der Waals surface area (Å²) in [5, 5.41) is 0. The van der Waals surface area contributed by atoms with Gasteiger partial charge in [-0.05, 0) is 36.7 Å². The Morgan fingerprint density at radius 2 is 1.89 bits per heavy atom. The van der Waals surface area contributed by atoms with Crippen LogP contribution < -0.4 is 5.73 Å². The number of hydrogen-bond acceptors (Lipinski definition) is 2. The fourth-order valence-electron chi connectivity index (χ4n) is 1.86. The van der Waals surface area contributed by atoms with Crippen LogP contribution in [0.25, 0.3) is 0 Å². The van der Waals surface area contributed by atoms with Crippen LogP contribution in [-0.2, 0) is 6.42 Å². The zero-order chi connectivity index (χ0) is 13.8. The molecule has 4 heteroatoms. The number of nitrogens with two attached hydrogens (primary N) is 1. The lowest BCUT2D eigenvalue weighted by Crippen LogP contribution is -2.07. The Bertz CT molecular complexity index is 611. The van der Waals surface area contributed by atoms with Gasteiger partial charge in [0, 0.05) is 11.6 Å². The van der Waals surface area contributed by atoms with Crippen molar-refractivity contribution in [1.29, 1.82) is 0 Å². The summed E-state index contributed by atoms with van der Waals surface area (Å²) >= 11 is 0. The fraction of sp³-hybridized carbons (Fsp3) is 0.133. The summed E-state index contributed by atoms with van der Waals surface area (Å²) < 4.78 is 26.4. The maximum atomic E-state index is 13.6. The molecular formula is C15H13F2NO. The van der Waals surface area contributed by atoms with Gasteiger partial charge in [-0.2, -0.15) is 0 Å². The predicted octanol–water partition coefficient (Wildman–Crippen LogP) is 2.70. The molecular weight excluding hydrogens is 248 g/mol. The molecule has 0 aliphatic heterocycles. The largest absolute Gasteiger partial charge is 0.330 e. The molecule has 0 amide bonds. The number of carbonyl (C=O) groups excluding carboxylic acids is 1. The molecule has 0 fully saturated rings. The Kier molecular flexibility index (Phi) is 4.02. The smallest absolute Gasteiger partial charge is 0.195 e. The van der Waals surface area contributed by atoms with E-state index in [4.69, 9.17) is 5.73 Å². The molecule has 0 aliphatic rings. The van der Waals surface area contributed by atoms with E-state index in [9.17, 15) is 13.6 Å². The summed E-state index contributed by atoms with van der Waals surface area (Å²) in [7, 11) is 0. The van der Waals surface area contributed by atoms with Crippen LogP contribution in [-0.4, -0.2) is 12.3 Å². The lowest BCUT2D eigenvalue weighted by Gasteiger charge is -2.05. The van der Waals surface area contributed by atoms with Crippen molar-refractivity contribution in [3.8, 4) is 0 Å². The third-order valence-corrected chi connectivity index (χ3v) is 2.80. The Morgan fingerprint density at radius 3 is 2.58 bits per heavy atom. The van der Waals surface area contributed by atoms with Crippen molar-refractivity contribution in [2.24, 2.45) is 5.73 Å². The van der Waals surface area contributed by atoms with Gasteiger partial charge in [0.2, 0.25) is 0 Å². The molecule has 98 valence electrons. The molecule has 0 aromatic heterocycles. The van der Waals surface area contributed by atoms with Crippen LogP contribution in [0.3, 0.4) is 0 Å². The van der Waals surface area contributed by atoms with E-state index >= 15 is 0 Å². The van der Waals surface area contributed by atoms with Crippen molar-refractivity contribution in [1.82, 2.24) is 0 Å². The summed E-state index contributed by atoms with van der Waals surface area (Å²) in [6.07, 6.45) is 0.646. The SMILES string of the molecule is NCCc1cccc(C(=O)c2ccc(F)cc2F)c1. The lowest BCUT2D eigenvalue weighted by atomic mass is 10.00. The van der Waals surface area contributed by atoms with Gasteiger partial charge in [-0.3, -0.25) is 4.79 Å². The monoisotopic (exact) mass is 261 g/mol. The molecule has 2 aromatic rings. The van der Waals surface area contributed by atoms with Gasteiger partial charge in [-0.15, -0.1) is 0 Å². The van der Waals surface area contributed by atoms with Gasteiger partial charge in [0.05, 0.1) is 5.56 Å². The average Bonchev–Trinajstić information content (AvgIpc) is 2.39. The van der Waals surface area contributed by atoms with E-state index in [1.807, 2.05) is 6.07 Å². The van der Waals surface area contributed by atoms with Gasteiger partial charge in [-0.1, -0.05) is 18.2 Å². The highest BCUT2D eigenvalue weighted by atomic mass is 19.1. The van der Waals surface area contributed by atoms with E-state index in [1.165, 1.54) is 0 Å². The second-order valence-corrected chi connectivity index (χ2v) is 4.19. The van der Waals surface area contributed by atoms with E-state index in [2.05, 4.69) is 0 Å². The third-order valence-electron chi connectivity index (χ3n) is 2.80. The quantitative estimate of drug-likeness (QED) is 0.860. The van der Waals surface area contributed by atoms with Crippen molar-refractivity contribution in [3.05, 3.63) is 70.8 Å². The van der Waals surface area contributed by atoms with Crippen LogP contribution in [0.2, 0.25) is 0 Å². The van der Waals surface area contributed by atoms with E-state index in [0.29, 0.717) is 24.6 Å². The van der Waals surface area contributed by atoms with Gasteiger partial charge in [0.1, 0.15) is 11.6 Å². The molecule has 0 saturated heterocycles. The lowest BCUT2D eigenvalue weighted by molar-refractivity contribution is 0.103. The summed E-state index contributed by atoms with van der Waals surface area (Å²) in [5.41, 5.74) is 6.60. The molecule has 0 saturated carbocycles. The zero-order valence-electron chi connectivity index (χ0n) is 10.2. The van der Waals surface area contributed by atoms with Crippen LogP contribution in [0.5, 0.6) is 0 Å². The number of hydrogen-bond donors (Lipinski definition) is 1. The molecule has 0 spiro atoms. The fourth-order valence-corrected chi connectivity index (χ4v) is 1.86. The predicted molar refractivity (Wildman–Crippen MR) is 69.0 cm³/mol. The molecule has 2 rings (SSSR count). The molecule has 0 radical (unpaired) electrons. The molecule has 0 aliphatic carbocycles. The highest BCUT2D eigenvalue weighted by Crippen LogP contribution is 2.16. The second kappa shape index (κ2) is 5.71. The van der Waals surface area contributed by atoms with Crippen LogP contribution in [0.1, 0.15) is 21.5 Å². The van der Waals surface area contributed by atoms with Crippen molar-refractivity contribution in [2.75, 3.05) is 6.54 Å². The summed E-state index contributed by atoms with van der Waals surface area (Å²) in [6.45, 7) is 0.475. The Hall–Kier alpha value is -2.07. The second-order valence-electron chi connectivity index (χ2n) is 4.19. The van der Waals surface area contributed by atoms with Gasteiger partial charge in [0.25, 0.3) is 0 Å². The molecule has 2 aromatic carbocycles. The van der Waals surface area contributed by atoms with E-state index in [0.717, 1.165) is 17.7 Å². The molecule has 0 atom stereocenters. The minimum atomic E-state index is -0.853. The van der Waals surface area contributed by atoms with Crippen molar-refractivity contribution in [2.45, 2.75) is 6.42 Å². The minimum Gasteiger partial charge on any atom is -0.330 e. The van der Waals surface area contributed by atoms with Crippen molar-refractivity contribution < 1.29 is 13.6 Å². The van der Waals surface area contributed by atoms with E-state index in [1.54, 1.807) is 18.2 Å². The maximum absolute atomic E-state index is 13.6. The van der Waals surface area contributed by atoms with Crippen LogP contribution >= 0.6 is 0 Å². The Balaban J connectivity index is 2.35. The Morgan fingerprint density at radius 1 is 1.11 bits per heavy atom. The van der Waals surface area contributed by atoms with Crippen LogP contribution in [0.4, 0.5) is 8.78 Å². The number of benzene rings is 2. The molecule has 2 nitrogen and oxygen atoms in total. The first-order valence-corrected chi connectivity index (χ1v) is 5.90. The van der Waals surface area contributed by atoms with Gasteiger partial charge < -0.3 is 5.73 Å².